The van der Waals surface area contributed by atoms with E-state index in [1.165, 1.54) is 16.5 Å². The van der Waals surface area contributed by atoms with Crippen molar-refractivity contribution in [2.75, 3.05) is 4.72 Å². The van der Waals surface area contributed by atoms with Gasteiger partial charge in [-0.2, -0.15) is 0 Å². The fraction of sp³-hybridized carbons (Fsp3) is 0.200. The molecule has 3 aromatic rings. The molecular formula is C20H19NO2S. The summed E-state index contributed by atoms with van der Waals surface area (Å²) in [5.41, 5.74) is 5.20. The third kappa shape index (κ3) is 2.78. The predicted molar refractivity (Wildman–Crippen MR) is 98.8 cm³/mol. The standard InChI is InChI=1S/C20H19NO2S/c1-14-5-7-15(8-6-14)13-24(22,23)21-19-12-11-17-10-9-16-3-2-4-18(19)20(16)17/h2-8,11-12,21H,9-10,13H2,1H3. The quantitative estimate of drug-likeness (QED) is 0.776. The van der Waals surface area contributed by atoms with Crippen LogP contribution in [-0.2, 0) is 28.6 Å². The summed E-state index contributed by atoms with van der Waals surface area (Å²) in [6, 6.07) is 17.7. The molecule has 0 aliphatic heterocycles. The van der Waals surface area contributed by atoms with Gasteiger partial charge in [-0.05, 0) is 47.9 Å². The van der Waals surface area contributed by atoms with Crippen LogP contribution in [0.15, 0.2) is 54.6 Å². The molecule has 3 aromatic carbocycles. The van der Waals surface area contributed by atoms with Gasteiger partial charge in [-0.3, -0.25) is 4.72 Å². The first-order chi connectivity index (χ1) is 11.5. The maximum Gasteiger partial charge on any atom is 0.236 e. The summed E-state index contributed by atoms with van der Waals surface area (Å²) in [7, 11) is -3.45. The third-order valence-corrected chi connectivity index (χ3v) is 5.86. The van der Waals surface area contributed by atoms with Gasteiger partial charge in [-0.25, -0.2) is 8.42 Å². The molecule has 0 saturated heterocycles. The molecule has 0 aromatic heterocycles. The lowest BCUT2D eigenvalue weighted by atomic mass is 10.0. The van der Waals surface area contributed by atoms with Crippen LogP contribution in [0.25, 0.3) is 10.8 Å². The Hall–Kier alpha value is -2.33. The second-order valence-electron chi connectivity index (χ2n) is 6.46. The molecule has 1 aliphatic rings. The molecule has 3 nitrogen and oxygen atoms in total. The maximum atomic E-state index is 12.6. The molecule has 0 bridgehead atoms. The number of sulfonamides is 1. The molecule has 0 fully saturated rings. The molecule has 0 heterocycles. The second-order valence-corrected chi connectivity index (χ2v) is 8.18. The number of anilines is 1. The zero-order chi connectivity index (χ0) is 16.7. The van der Waals surface area contributed by atoms with E-state index in [2.05, 4.69) is 10.8 Å². The Morgan fingerprint density at radius 3 is 2.38 bits per heavy atom. The Morgan fingerprint density at radius 1 is 0.917 bits per heavy atom. The first kappa shape index (κ1) is 15.2. The van der Waals surface area contributed by atoms with Crippen molar-refractivity contribution in [1.29, 1.82) is 0 Å². The van der Waals surface area contributed by atoms with Crippen molar-refractivity contribution in [3.63, 3.8) is 0 Å². The zero-order valence-electron chi connectivity index (χ0n) is 13.5. The van der Waals surface area contributed by atoms with Crippen molar-refractivity contribution in [2.24, 2.45) is 0 Å². The van der Waals surface area contributed by atoms with Crippen molar-refractivity contribution in [1.82, 2.24) is 0 Å². The van der Waals surface area contributed by atoms with Crippen molar-refractivity contribution in [3.8, 4) is 0 Å². The van der Waals surface area contributed by atoms with Crippen LogP contribution in [0.3, 0.4) is 0 Å². The van der Waals surface area contributed by atoms with E-state index in [-0.39, 0.29) is 5.75 Å². The lowest BCUT2D eigenvalue weighted by Crippen LogP contribution is -2.15. The van der Waals surface area contributed by atoms with Gasteiger partial charge >= 0.3 is 0 Å². The molecule has 0 unspecified atom stereocenters. The summed E-state index contributed by atoms with van der Waals surface area (Å²) in [4.78, 5) is 0. The van der Waals surface area contributed by atoms with E-state index in [0.29, 0.717) is 5.69 Å². The molecule has 0 atom stereocenters. The summed E-state index contributed by atoms with van der Waals surface area (Å²) >= 11 is 0. The molecule has 24 heavy (non-hydrogen) atoms. The zero-order valence-corrected chi connectivity index (χ0v) is 14.4. The average molecular weight is 337 g/mol. The highest BCUT2D eigenvalue weighted by atomic mass is 32.2. The lowest BCUT2D eigenvalue weighted by Gasteiger charge is -2.12. The Bertz CT molecular complexity index is 1010. The molecule has 1 aliphatic carbocycles. The minimum Gasteiger partial charge on any atom is -0.283 e. The number of rotatable bonds is 4. The van der Waals surface area contributed by atoms with Crippen LogP contribution in [0.2, 0.25) is 0 Å². The SMILES string of the molecule is Cc1ccc(CS(=O)(=O)Nc2ccc3c4c(cccc24)CC3)cc1. The van der Waals surface area contributed by atoms with Crippen molar-refractivity contribution in [3.05, 3.63) is 76.9 Å². The van der Waals surface area contributed by atoms with Crippen molar-refractivity contribution < 1.29 is 8.42 Å². The van der Waals surface area contributed by atoms with E-state index >= 15 is 0 Å². The third-order valence-electron chi connectivity index (χ3n) is 4.62. The van der Waals surface area contributed by atoms with Gasteiger partial charge < -0.3 is 0 Å². The Morgan fingerprint density at radius 2 is 1.62 bits per heavy atom. The van der Waals surface area contributed by atoms with Crippen LogP contribution in [0.1, 0.15) is 22.3 Å². The highest BCUT2D eigenvalue weighted by molar-refractivity contribution is 7.91. The molecule has 4 heteroatoms. The summed E-state index contributed by atoms with van der Waals surface area (Å²) in [6.07, 6.45) is 2.07. The molecule has 122 valence electrons. The van der Waals surface area contributed by atoms with Gasteiger partial charge in [0.1, 0.15) is 0 Å². The van der Waals surface area contributed by atoms with E-state index in [0.717, 1.165) is 29.4 Å². The second kappa shape index (κ2) is 5.64. The van der Waals surface area contributed by atoms with E-state index in [4.69, 9.17) is 0 Å². The Kier molecular flexibility index (Phi) is 3.57. The normalized spacial score (nSPS) is 13.4. The van der Waals surface area contributed by atoms with Gasteiger partial charge in [-0.15, -0.1) is 0 Å². The minimum atomic E-state index is -3.45. The molecule has 0 radical (unpaired) electrons. The highest BCUT2D eigenvalue weighted by Crippen LogP contribution is 2.35. The molecule has 0 amide bonds. The number of aryl methyl sites for hydroxylation is 3. The van der Waals surface area contributed by atoms with Crippen LogP contribution in [0, 0.1) is 6.92 Å². The molecule has 0 saturated carbocycles. The topological polar surface area (TPSA) is 46.2 Å². The fourth-order valence-electron chi connectivity index (χ4n) is 3.44. The predicted octanol–water partition coefficient (Wildman–Crippen LogP) is 4.19. The molecular weight excluding hydrogens is 318 g/mol. The first-order valence-electron chi connectivity index (χ1n) is 8.11. The number of nitrogens with one attached hydrogen (secondary N) is 1. The largest absolute Gasteiger partial charge is 0.283 e. The summed E-state index contributed by atoms with van der Waals surface area (Å²) < 4.78 is 27.9. The number of benzene rings is 3. The smallest absolute Gasteiger partial charge is 0.236 e. The van der Waals surface area contributed by atoms with E-state index in [9.17, 15) is 8.42 Å². The van der Waals surface area contributed by atoms with E-state index < -0.39 is 10.0 Å². The minimum absolute atomic E-state index is 0.0176. The molecule has 4 rings (SSSR count). The van der Waals surface area contributed by atoms with Crippen LogP contribution in [-0.4, -0.2) is 8.42 Å². The number of hydrogen-bond donors (Lipinski definition) is 1. The first-order valence-corrected chi connectivity index (χ1v) is 9.77. The van der Waals surface area contributed by atoms with Gasteiger partial charge in [0.25, 0.3) is 0 Å². The van der Waals surface area contributed by atoms with Crippen LogP contribution in [0.4, 0.5) is 5.69 Å². The van der Waals surface area contributed by atoms with Gasteiger partial charge in [0, 0.05) is 5.39 Å². The monoisotopic (exact) mass is 337 g/mol. The van der Waals surface area contributed by atoms with Gasteiger partial charge in [0.2, 0.25) is 10.0 Å². The van der Waals surface area contributed by atoms with E-state index in [1.807, 2.05) is 55.5 Å². The van der Waals surface area contributed by atoms with Crippen LogP contribution >= 0.6 is 0 Å². The van der Waals surface area contributed by atoms with Gasteiger partial charge in [0.15, 0.2) is 0 Å². The molecule has 1 N–H and O–H groups in total. The summed E-state index contributed by atoms with van der Waals surface area (Å²) in [5, 5.41) is 2.21. The summed E-state index contributed by atoms with van der Waals surface area (Å²) in [5.74, 6) is -0.0176. The molecule has 0 spiro atoms. The van der Waals surface area contributed by atoms with Crippen molar-refractivity contribution in [2.45, 2.75) is 25.5 Å². The summed E-state index contributed by atoms with van der Waals surface area (Å²) in [6.45, 7) is 1.99. The highest BCUT2D eigenvalue weighted by Gasteiger charge is 2.18. The van der Waals surface area contributed by atoms with Gasteiger partial charge in [-0.1, -0.05) is 54.1 Å². The van der Waals surface area contributed by atoms with Crippen molar-refractivity contribution >= 4 is 26.5 Å². The van der Waals surface area contributed by atoms with Gasteiger partial charge in [0.05, 0.1) is 11.4 Å². The number of hydrogen-bond acceptors (Lipinski definition) is 2. The van der Waals surface area contributed by atoms with Crippen LogP contribution < -0.4 is 4.72 Å². The van der Waals surface area contributed by atoms with E-state index in [1.54, 1.807) is 0 Å². The average Bonchev–Trinajstić information content (AvgIpc) is 2.97. The fourth-order valence-corrected chi connectivity index (χ4v) is 4.66. The Balaban J connectivity index is 1.68. The Labute approximate surface area is 142 Å². The maximum absolute atomic E-state index is 12.6. The van der Waals surface area contributed by atoms with Crippen LogP contribution in [0.5, 0.6) is 0 Å². The lowest BCUT2D eigenvalue weighted by molar-refractivity contribution is 0.600.